The maximum Gasteiger partial charge on any atom is 0.261 e. The van der Waals surface area contributed by atoms with E-state index in [1.807, 2.05) is 40.7 Å². The van der Waals surface area contributed by atoms with Gasteiger partial charge in [-0.2, -0.15) is 0 Å². The Labute approximate surface area is 167 Å². The number of nitrogens with one attached hydrogen (secondary N) is 1. The van der Waals surface area contributed by atoms with E-state index in [0.717, 1.165) is 16.8 Å². The highest BCUT2D eigenvalue weighted by atomic mass is 32.2. The van der Waals surface area contributed by atoms with Crippen molar-refractivity contribution in [1.82, 2.24) is 14.1 Å². The summed E-state index contributed by atoms with van der Waals surface area (Å²) in [5.74, 6) is 0. The largest absolute Gasteiger partial charge is 0.269 e. The van der Waals surface area contributed by atoms with Gasteiger partial charge in [0.05, 0.1) is 21.4 Å². The van der Waals surface area contributed by atoms with Gasteiger partial charge < -0.3 is 0 Å². The Balaban J connectivity index is 1.84. The molecule has 152 valence electrons. The Bertz CT molecular complexity index is 1050. The minimum atomic E-state index is -1.25. The lowest BCUT2D eigenvalue weighted by molar-refractivity contribution is -0.160. The maximum absolute atomic E-state index is 14.1. The number of halogens is 1. The molecule has 2 heterocycles. The number of fused-ring (bicyclic) bond motifs is 1. The molecule has 0 radical (unpaired) electrons. The molecule has 2 aromatic rings. The van der Waals surface area contributed by atoms with E-state index in [1.165, 1.54) is 0 Å². The molecule has 0 spiro atoms. The lowest BCUT2D eigenvalue weighted by Gasteiger charge is -2.65. The van der Waals surface area contributed by atoms with E-state index in [9.17, 15) is 13.4 Å². The molecule has 3 fully saturated rings. The minimum Gasteiger partial charge on any atom is -0.269 e. The number of hydrogen-bond donors (Lipinski definition) is 1. The smallest absolute Gasteiger partial charge is 0.261 e. The molecular formula is C21H28FN3O2S. The van der Waals surface area contributed by atoms with Gasteiger partial charge in [-0.15, -0.1) is 0 Å². The van der Waals surface area contributed by atoms with Gasteiger partial charge in [0.15, 0.2) is 0 Å². The van der Waals surface area contributed by atoms with Crippen LogP contribution in [0.4, 0.5) is 4.39 Å². The SMILES string of the molecule is Cc1cc([C@@H](C)N[S@](=O)C(C)(C)C)c2nc(C34CC(F)(C3)C4)c(C)c(=O)n2c1. The third-order valence-corrected chi connectivity index (χ3v) is 7.77. The average Bonchev–Trinajstić information content (AvgIpc) is 2.53. The van der Waals surface area contributed by atoms with E-state index in [1.54, 1.807) is 17.5 Å². The number of nitrogens with zero attached hydrogens (tertiary/aromatic N) is 2. The van der Waals surface area contributed by atoms with Crippen molar-refractivity contribution in [3.63, 3.8) is 0 Å². The summed E-state index contributed by atoms with van der Waals surface area (Å²) in [5.41, 5.74) is 2.25. The Morgan fingerprint density at radius 1 is 1.29 bits per heavy atom. The number of alkyl halides is 1. The fourth-order valence-corrected chi connectivity index (χ4v) is 5.45. The molecular weight excluding hydrogens is 377 g/mol. The van der Waals surface area contributed by atoms with Crippen LogP contribution in [0.3, 0.4) is 0 Å². The molecule has 0 amide bonds. The van der Waals surface area contributed by atoms with E-state index < -0.39 is 21.4 Å². The van der Waals surface area contributed by atoms with E-state index in [4.69, 9.17) is 4.98 Å². The Hall–Kier alpha value is -1.60. The number of pyridine rings is 1. The standard InChI is InChI=1S/C21H28FN3O2S/c1-12-7-15(14(3)24-28(27)19(4,5)6)17-23-16(13(2)18(26)25(17)8-12)20-9-21(22,10-20)11-20/h7-8,14,24H,9-11H2,1-6H3/t14-,20?,21?,28-/m1/s1. The molecule has 5 nitrogen and oxygen atoms in total. The van der Waals surface area contributed by atoms with Crippen LogP contribution in [0.5, 0.6) is 0 Å². The van der Waals surface area contributed by atoms with Crippen LogP contribution in [0.25, 0.3) is 5.65 Å². The molecule has 3 saturated carbocycles. The third-order valence-electron chi connectivity index (χ3n) is 6.09. The van der Waals surface area contributed by atoms with Crippen molar-refractivity contribution in [2.24, 2.45) is 0 Å². The predicted octanol–water partition coefficient (Wildman–Crippen LogP) is 3.57. The van der Waals surface area contributed by atoms with Gasteiger partial charge >= 0.3 is 0 Å². The van der Waals surface area contributed by atoms with Crippen molar-refractivity contribution < 1.29 is 8.60 Å². The molecule has 28 heavy (non-hydrogen) atoms. The molecule has 7 heteroatoms. The van der Waals surface area contributed by atoms with E-state index in [0.29, 0.717) is 30.5 Å². The fourth-order valence-electron chi connectivity index (χ4n) is 4.65. The summed E-state index contributed by atoms with van der Waals surface area (Å²) in [6.07, 6.45) is 3.18. The summed E-state index contributed by atoms with van der Waals surface area (Å²) in [7, 11) is -1.25. The van der Waals surface area contributed by atoms with Gasteiger partial charge in [-0.1, -0.05) is 0 Å². The average molecular weight is 406 g/mol. The van der Waals surface area contributed by atoms with Crippen LogP contribution in [0.15, 0.2) is 17.1 Å². The first-order valence-corrected chi connectivity index (χ1v) is 10.9. The molecule has 0 aliphatic heterocycles. The molecule has 2 atom stereocenters. The van der Waals surface area contributed by atoms with Crippen LogP contribution in [0, 0.1) is 13.8 Å². The second kappa shape index (κ2) is 5.95. The van der Waals surface area contributed by atoms with Crippen LogP contribution in [0.2, 0.25) is 0 Å². The normalized spacial score (nSPS) is 28.5. The van der Waals surface area contributed by atoms with Crippen LogP contribution in [-0.4, -0.2) is 24.0 Å². The van der Waals surface area contributed by atoms with Crippen LogP contribution in [-0.2, 0) is 16.4 Å². The van der Waals surface area contributed by atoms with Gasteiger partial charge in [0.2, 0.25) is 0 Å². The third kappa shape index (κ3) is 2.86. The summed E-state index contributed by atoms with van der Waals surface area (Å²) in [5, 5.41) is 0. The van der Waals surface area contributed by atoms with Gasteiger partial charge in [-0.05, 0) is 72.4 Å². The van der Waals surface area contributed by atoms with Crippen molar-refractivity contribution in [3.05, 3.63) is 45.0 Å². The van der Waals surface area contributed by atoms with Crippen molar-refractivity contribution in [2.75, 3.05) is 0 Å². The topological polar surface area (TPSA) is 63.5 Å². The van der Waals surface area contributed by atoms with Crippen molar-refractivity contribution >= 4 is 16.6 Å². The first-order valence-electron chi connectivity index (χ1n) is 9.76. The fraction of sp³-hybridized carbons (Fsp3) is 0.619. The Kier molecular flexibility index (Phi) is 4.19. The molecule has 1 N–H and O–H groups in total. The Morgan fingerprint density at radius 3 is 2.43 bits per heavy atom. The van der Waals surface area contributed by atoms with Crippen LogP contribution < -0.4 is 10.3 Å². The summed E-state index contributed by atoms with van der Waals surface area (Å²) in [6, 6.07) is 1.73. The van der Waals surface area contributed by atoms with E-state index >= 15 is 0 Å². The summed E-state index contributed by atoms with van der Waals surface area (Å²) >= 11 is 0. The number of hydrogen-bond acceptors (Lipinski definition) is 3. The van der Waals surface area contributed by atoms with Crippen molar-refractivity contribution in [2.45, 2.75) is 82.7 Å². The summed E-state index contributed by atoms with van der Waals surface area (Å²) in [4.78, 5) is 18.0. The van der Waals surface area contributed by atoms with Crippen molar-refractivity contribution in [1.29, 1.82) is 0 Å². The first-order chi connectivity index (χ1) is 12.9. The zero-order chi connectivity index (χ0) is 20.6. The number of aryl methyl sites for hydroxylation is 1. The predicted molar refractivity (Wildman–Crippen MR) is 110 cm³/mol. The summed E-state index contributed by atoms with van der Waals surface area (Å²) in [6.45, 7) is 11.4. The molecule has 0 unspecified atom stereocenters. The lowest BCUT2D eigenvalue weighted by Crippen LogP contribution is -2.67. The molecule has 3 aliphatic carbocycles. The second-order valence-corrected chi connectivity index (χ2v) is 11.7. The lowest BCUT2D eigenvalue weighted by atomic mass is 9.41. The van der Waals surface area contributed by atoms with Gasteiger partial charge in [0.1, 0.15) is 11.3 Å². The molecule has 0 saturated heterocycles. The van der Waals surface area contributed by atoms with Crippen LogP contribution in [0.1, 0.15) is 75.4 Å². The van der Waals surface area contributed by atoms with Crippen LogP contribution >= 0.6 is 0 Å². The first kappa shape index (κ1) is 19.7. The molecule has 3 aliphatic rings. The van der Waals surface area contributed by atoms with E-state index in [2.05, 4.69) is 4.72 Å². The quantitative estimate of drug-likeness (QED) is 0.846. The van der Waals surface area contributed by atoms with Gasteiger partial charge in [-0.25, -0.2) is 18.3 Å². The highest BCUT2D eigenvalue weighted by Gasteiger charge is 2.71. The molecule has 2 bridgehead atoms. The summed E-state index contributed by atoms with van der Waals surface area (Å²) < 4.78 is 31.0. The molecule has 0 aromatic carbocycles. The highest BCUT2D eigenvalue weighted by molar-refractivity contribution is 7.84. The van der Waals surface area contributed by atoms with Gasteiger partial charge in [0.25, 0.3) is 5.56 Å². The monoisotopic (exact) mass is 405 g/mol. The Morgan fingerprint density at radius 2 is 1.89 bits per heavy atom. The van der Waals surface area contributed by atoms with E-state index in [-0.39, 0.29) is 17.0 Å². The number of aromatic nitrogens is 2. The second-order valence-electron chi connectivity index (χ2n) is 9.74. The minimum absolute atomic E-state index is 0.105. The van der Waals surface area contributed by atoms with Gasteiger partial charge in [0, 0.05) is 28.8 Å². The van der Waals surface area contributed by atoms with Gasteiger partial charge in [-0.3, -0.25) is 9.20 Å². The maximum atomic E-state index is 14.1. The zero-order valence-electron chi connectivity index (χ0n) is 17.4. The van der Waals surface area contributed by atoms with Crippen molar-refractivity contribution in [3.8, 4) is 0 Å². The number of rotatable bonds is 4. The molecule has 2 aromatic heterocycles. The highest BCUT2D eigenvalue weighted by Crippen LogP contribution is 2.69. The zero-order valence-corrected chi connectivity index (χ0v) is 18.2. The molecule has 5 rings (SSSR count).